The lowest BCUT2D eigenvalue weighted by Crippen LogP contribution is -2.05. The second kappa shape index (κ2) is 7.11. The number of aliphatic hydroxyl groups excluding tert-OH is 1. The van der Waals surface area contributed by atoms with E-state index in [0.29, 0.717) is 11.5 Å². The van der Waals surface area contributed by atoms with E-state index in [9.17, 15) is 0 Å². The zero-order valence-electron chi connectivity index (χ0n) is 12.6. The summed E-state index contributed by atoms with van der Waals surface area (Å²) in [4.78, 5) is 0. The lowest BCUT2D eigenvalue weighted by molar-refractivity contribution is 0.280. The van der Waals surface area contributed by atoms with Gasteiger partial charge in [0.1, 0.15) is 5.75 Å². The van der Waals surface area contributed by atoms with Gasteiger partial charge in [0.15, 0.2) is 11.5 Å². The van der Waals surface area contributed by atoms with Crippen molar-refractivity contribution < 1.29 is 14.6 Å². The topological polar surface area (TPSA) is 50.7 Å². The second-order valence-electron chi connectivity index (χ2n) is 4.88. The lowest BCUT2D eigenvalue weighted by atomic mass is 10.1. The van der Waals surface area contributed by atoms with E-state index in [1.165, 1.54) is 5.56 Å². The molecule has 0 atom stereocenters. The molecule has 0 unspecified atom stereocenters. The molecule has 0 spiro atoms. The van der Waals surface area contributed by atoms with E-state index in [2.05, 4.69) is 11.4 Å². The zero-order chi connectivity index (χ0) is 15.2. The molecule has 0 aliphatic heterocycles. The van der Waals surface area contributed by atoms with Gasteiger partial charge >= 0.3 is 0 Å². The minimum Gasteiger partial charge on any atom is -0.493 e. The van der Waals surface area contributed by atoms with Crippen molar-refractivity contribution in [3.05, 3.63) is 53.1 Å². The van der Waals surface area contributed by atoms with Crippen LogP contribution in [0.4, 0.5) is 0 Å². The third-order valence-corrected chi connectivity index (χ3v) is 3.25. The van der Waals surface area contributed by atoms with E-state index >= 15 is 0 Å². The molecule has 0 aromatic heterocycles. The molecule has 0 fully saturated rings. The average molecular weight is 287 g/mol. The molecule has 21 heavy (non-hydrogen) atoms. The van der Waals surface area contributed by atoms with Gasteiger partial charge in [0, 0.05) is 6.54 Å². The van der Waals surface area contributed by atoms with Gasteiger partial charge in [0.05, 0.1) is 13.7 Å². The Labute approximate surface area is 125 Å². The van der Waals surface area contributed by atoms with Crippen molar-refractivity contribution in [2.75, 3.05) is 14.2 Å². The summed E-state index contributed by atoms with van der Waals surface area (Å²) in [6.07, 6.45) is 0. The average Bonchev–Trinajstić information content (AvgIpc) is 2.50. The maximum atomic E-state index is 9.16. The van der Waals surface area contributed by atoms with Gasteiger partial charge in [-0.1, -0.05) is 18.2 Å². The quantitative estimate of drug-likeness (QED) is 0.857. The molecule has 0 bridgehead atoms. The molecule has 4 nitrogen and oxygen atoms in total. The Hall–Kier alpha value is -2.04. The molecule has 4 heteroatoms. The highest BCUT2D eigenvalue weighted by Gasteiger charge is 2.09. The summed E-state index contributed by atoms with van der Waals surface area (Å²) in [7, 11) is 3.51. The Morgan fingerprint density at radius 1 is 1.00 bits per heavy atom. The highest BCUT2D eigenvalue weighted by Crippen LogP contribution is 2.34. The van der Waals surface area contributed by atoms with Crippen LogP contribution >= 0.6 is 0 Å². The standard InChI is InChI=1S/C17H21NO3/c1-12-8-13(10-18-2)4-6-15(12)21-16-7-5-14(11-19)9-17(16)20-3/h4-9,18-19H,10-11H2,1-3H3. The number of hydrogen-bond donors (Lipinski definition) is 2. The number of ether oxygens (including phenoxy) is 2. The maximum absolute atomic E-state index is 9.16. The van der Waals surface area contributed by atoms with Crippen molar-refractivity contribution in [1.29, 1.82) is 0 Å². The number of methoxy groups -OCH3 is 1. The van der Waals surface area contributed by atoms with E-state index in [-0.39, 0.29) is 6.61 Å². The van der Waals surface area contributed by atoms with Crippen LogP contribution in [0.1, 0.15) is 16.7 Å². The first-order chi connectivity index (χ1) is 10.2. The molecule has 0 heterocycles. The fourth-order valence-electron chi connectivity index (χ4n) is 2.15. The zero-order valence-corrected chi connectivity index (χ0v) is 12.6. The summed E-state index contributed by atoms with van der Waals surface area (Å²) in [5.74, 6) is 2.05. The van der Waals surface area contributed by atoms with Gasteiger partial charge in [0.25, 0.3) is 0 Å². The monoisotopic (exact) mass is 287 g/mol. The van der Waals surface area contributed by atoms with Gasteiger partial charge in [-0.3, -0.25) is 0 Å². The predicted octanol–water partition coefficient (Wildman–Crippen LogP) is 3.01. The van der Waals surface area contributed by atoms with Gasteiger partial charge in [0.2, 0.25) is 0 Å². The highest BCUT2D eigenvalue weighted by molar-refractivity contribution is 5.47. The maximum Gasteiger partial charge on any atom is 0.169 e. The first kappa shape index (κ1) is 15.4. The van der Waals surface area contributed by atoms with Crippen LogP contribution in [0.15, 0.2) is 36.4 Å². The third kappa shape index (κ3) is 3.74. The Kier molecular flexibility index (Phi) is 5.20. The van der Waals surface area contributed by atoms with Gasteiger partial charge in [-0.15, -0.1) is 0 Å². The number of benzene rings is 2. The highest BCUT2D eigenvalue weighted by atomic mass is 16.5. The van der Waals surface area contributed by atoms with Crippen molar-refractivity contribution in [2.24, 2.45) is 0 Å². The van der Waals surface area contributed by atoms with E-state index in [4.69, 9.17) is 14.6 Å². The van der Waals surface area contributed by atoms with Crippen LogP contribution in [0.5, 0.6) is 17.2 Å². The molecular weight excluding hydrogens is 266 g/mol. The summed E-state index contributed by atoms with van der Waals surface area (Å²) < 4.78 is 11.3. The van der Waals surface area contributed by atoms with Gasteiger partial charge in [-0.05, 0) is 48.9 Å². The Bertz CT molecular complexity index is 611. The fourth-order valence-corrected chi connectivity index (χ4v) is 2.15. The Morgan fingerprint density at radius 3 is 2.33 bits per heavy atom. The van der Waals surface area contributed by atoms with E-state index in [1.807, 2.05) is 38.2 Å². The molecule has 0 saturated heterocycles. The summed E-state index contributed by atoms with van der Waals surface area (Å²) in [5.41, 5.74) is 3.07. The van der Waals surface area contributed by atoms with E-state index in [0.717, 1.165) is 23.4 Å². The van der Waals surface area contributed by atoms with Crippen LogP contribution in [0.2, 0.25) is 0 Å². The minimum atomic E-state index is -0.0195. The van der Waals surface area contributed by atoms with Crippen molar-refractivity contribution in [3.63, 3.8) is 0 Å². The summed E-state index contributed by atoms with van der Waals surface area (Å²) in [6.45, 7) is 2.83. The van der Waals surface area contributed by atoms with Crippen molar-refractivity contribution in [1.82, 2.24) is 5.32 Å². The molecule has 2 rings (SSSR count). The normalized spacial score (nSPS) is 10.5. The Balaban J connectivity index is 2.25. The second-order valence-corrected chi connectivity index (χ2v) is 4.88. The minimum absolute atomic E-state index is 0.0195. The van der Waals surface area contributed by atoms with Gasteiger partial charge in [-0.25, -0.2) is 0 Å². The third-order valence-electron chi connectivity index (χ3n) is 3.25. The first-order valence-electron chi connectivity index (χ1n) is 6.87. The van der Waals surface area contributed by atoms with Crippen LogP contribution in [-0.4, -0.2) is 19.3 Å². The van der Waals surface area contributed by atoms with Crippen LogP contribution in [-0.2, 0) is 13.2 Å². The lowest BCUT2D eigenvalue weighted by Gasteiger charge is -2.14. The first-order valence-corrected chi connectivity index (χ1v) is 6.87. The molecule has 0 amide bonds. The molecule has 112 valence electrons. The number of hydrogen-bond acceptors (Lipinski definition) is 4. The largest absolute Gasteiger partial charge is 0.493 e. The number of aryl methyl sites for hydroxylation is 1. The molecule has 0 aliphatic carbocycles. The predicted molar refractivity (Wildman–Crippen MR) is 82.9 cm³/mol. The summed E-state index contributed by atoms with van der Waals surface area (Å²) in [6, 6.07) is 11.5. The van der Waals surface area contributed by atoms with Gasteiger partial charge < -0.3 is 19.9 Å². The van der Waals surface area contributed by atoms with Crippen LogP contribution in [0.3, 0.4) is 0 Å². The number of rotatable bonds is 6. The molecule has 2 aromatic rings. The number of nitrogens with one attached hydrogen (secondary N) is 1. The molecular formula is C17H21NO3. The molecule has 2 N–H and O–H groups in total. The van der Waals surface area contributed by atoms with Crippen molar-refractivity contribution in [3.8, 4) is 17.2 Å². The fraction of sp³-hybridized carbons (Fsp3) is 0.294. The van der Waals surface area contributed by atoms with E-state index in [1.54, 1.807) is 13.2 Å². The SMILES string of the molecule is CNCc1ccc(Oc2ccc(CO)cc2OC)c(C)c1. The van der Waals surface area contributed by atoms with Crippen LogP contribution in [0, 0.1) is 6.92 Å². The Morgan fingerprint density at radius 2 is 1.71 bits per heavy atom. The molecule has 0 radical (unpaired) electrons. The number of aliphatic hydroxyl groups is 1. The summed E-state index contributed by atoms with van der Waals surface area (Å²) >= 11 is 0. The van der Waals surface area contributed by atoms with Gasteiger partial charge in [-0.2, -0.15) is 0 Å². The van der Waals surface area contributed by atoms with Crippen LogP contribution in [0.25, 0.3) is 0 Å². The van der Waals surface area contributed by atoms with E-state index < -0.39 is 0 Å². The molecule has 0 aliphatic rings. The smallest absolute Gasteiger partial charge is 0.169 e. The van der Waals surface area contributed by atoms with Crippen LogP contribution < -0.4 is 14.8 Å². The molecule has 0 saturated carbocycles. The molecule has 2 aromatic carbocycles. The van der Waals surface area contributed by atoms with Crippen molar-refractivity contribution >= 4 is 0 Å². The van der Waals surface area contributed by atoms with Crippen molar-refractivity contribution in [2.45, 2.75) is 20.1 Å². The summed E-state index contributed by atoms with van der Waals surface area (Å²) in [5, 5.41) is 12.3.